The highest BCUT2D eigenvalue weighted by Crippen LogP contribution is 2.27. The van der Waals surface area contributed by atoms with Gasteiger partial charge in [-0.1, -0.05) is 30.0 Å². The SMILES string of the molecule is C(#CCNC1CCCc2cccnc21)CNCc1nc2ccccc2[nH]1. The van der Waals surface area contributed by atoms with Gasteiger partial charge in [-0.2, -0.15) is 0 Å². The van der Waals surface area contributed by atoms with Gasteiger partial charge < -0.3 is 4.98 Å². The van der Waals surface area contributed by atoms with Gasteiger partial charge in [0, 0.05) is 6.20 Å². The van der Waals surface area contributed by atoms with Crippen LogP contribution in [0, 0.1) is 11.8 Å². The topological polar surface area (TPSA) is 65.6 Å². The molecule has 3 N–H and O–H groups in total. The van der Waals surface area contributed by atoms with E-state index in [-0.39, 0.29) is 0 Å². The summed E-state index contributed by atoms with van der Waals surface area (Å²) in [6.07, 6.45) is 5.37. The first-order valence-electron chi connectivity index (χ1n) is 9.17. The molecule has 1 unspecified atom stereocenters. The van der Waals surface area contributed by atoms with Crippen LogP contribution < -0.4 is 10.6 Å². The highest BCUT2D eigenvalue weighted by atomic mass is 15.0. The predicted octanol–water partition coefficient (Wildman–Crippen LogP) is 2.72. The third-order valence-electron chi connectivity index (χ3n) is 4.70. The third-order valence-corrected chi connectivity index (χ3v) is 4.70. The minimum absolute atomic E-state index is 0.331. The molecule has 26 heavy (non-hydrogen) atoms. The van der Waals surface area contributed by atoms with Gasteiger partial charge in [-0.05, 0) is 43.0 Å². The summed E-state index contributed by atoms with van der Waals surface area (Å²) >= 11 is 0. The van der Waals surface area contributed by atoms with Gasteiger partial charge in [0.2, 0.25) is 0 Å². The molecule has 1 aliphatic rings. The number of hydrogen-bond acceptors (Lipinski definition) is 4. The fourth-order valence-electron chi connectivity index (χ4n) is 3.44. The molecule has 1 atom stereocenters. The highest BCUT2D eigenvalue weighted by Gasteiger charge is 2.19. The summed E-state index contributed by atoms with van der Waals surface area (Å²) < 4.78 is 0. The summed E-state index contributed by atoms with van der Waals surface area (Å²) in [6.45, 7) is 2.03. The van der Waals surface area contributed by atoms with E-state index in [1.54, 1.807) is 0 Å². The Bertz CT molecular complexity index is 901. The van der Waals surface area contributed by atoms with Crippen LogP contribution in [0.15, 0.2) is 42.6 Å². The number of H-pyrrole nitrogens is 1. The van der Waals surface area contributed by atoms with Crippen LogP contribution in [0.25, 0.3) is 11.0 Å². The van der Waals surface area contributed by atoms with E-state index in [2.05, 4.69) is 43.5 Å². The van der Waals surface area contributed by atoms with E-state index in [1.165, 1.54) is 17.7 Å². The first-order chi connectivity index (χ1) is 12.9. The van der Waals surface area contributed by atoms with Crippen molar-refractivity contribution in [2.75, 3.05) is 13.1 Å². The molecule has 132 valence electrons. The fraction of sp³-hybridized carbons (Fsp3) is 0.333. The number of aryl methyl sites for hydroxylation is 1. The van der Waals surface area contributed by atoms with E-state index in [1.807, 2.05) is 36.5 Å². The molecule has 1 aromatic carbocycles. The largest absolute Gasteiger partial charge is 0.341 e. The van der Waals surface area contributed by atoms with Gasteiger partial charge in [0.1, 0.15) is 5.82 Å². The van der Waals surface area contributed by atoms with Gasteiger partial charge in [-0.25, -0.2) is 4.98 Å². The third kappa shape index (κ3) is 3.93. The van der Waals surface area contributed by atoms with Gasteiger partial charge in [0.25, 0.3) is 0 Å². The van der Waals surface area contributed by atoms with E-state index in [0.717, 1.165) is 29.7 Å². The van der Waals surface area contributed by atoms with Crippen molar-refractivity contribution in [1.29, 1.82) is 0 Å². The molecular weight excluding hydrogens is 322 g/mol. The molecule has 5 heteroatoms. The number of aromatic amines is 1. The Morgan fingerprint density at radius 2 is 2.04 bits per heavy atom. The zero-order chi connectivity index (χ0) is 17.6. The number of rotatable bonds is 5. The van der Waals surface area contributed by atoms with Crippen LogP contribution in [0.1, 0.15) is 36.0 Å². The maximum atomic E-state index is 4.55. The van der Waals surface area contributed by atoms with Crippen LogP contribution in [0.2, 0.25) is 0 Å². The highest BCUT2D eigenvalue weighted by molar-refractivity contribution is 5.74. The van der Waals surface area contributed by atoms with E-state index < -0.39 is 0 Å². The van der Waals surface area contributed by atoms with Gasteiger partial charge in [0.05, 0.1) is 42.4 Å². The molecule has 1 aliphatic carbocycles. The van der Waals surface area contributed by atoms with E-state index >= 15 is 0 Å². The van der Waals surface area contributed by atoms with E-state index in [9.17, 15) is 0 Å². The van der Waals surface area contributed by atoms with Crippen LogP contribution in [0.4, 0.5) is 0 Å². The van der Waals surface area contributed by atoms with Crippen molar-refractivity contribution in [2.24, 2.45) is 0 Å². The Morgan fingerprint density at radius 1 is 1.12 bits per heavy atom. The Morgan fingerprint density at radius 3 is 3.00 bits per heavy atom. The first kappa shape index (κ1) is 16.8. The summed E-state index contributed by atoms with van der Waals surface area (Å²) in [5.74, 6) is 7.30. The number of pyridine rings is 1. The number of imidazole rings is 1. The number of aromatic nitrogens is 3. The number of para-hydroxylation sites is 2. The second kappa shape index (κ2) is 8.13. The minimum Gasteiger partial charge on any atom is -0.341 e. The number of benzene rings is 1. The first-order valence-corrected chi connectivity index (χ1v) is 9.17. The smallest absolute Gasteiger partial charge is 0.121 e. The van der Waals surface area contributed by atoms with Crippen LogP contribution in [-0.4, -0.2) is 28.0 Å². The zero-order valence-corrected chi connectivity index (χ0v) is 14.8. The van der Waals surface area contributed by atoms with Gasteiger partial charge in [-0.3, -0.25) is 15.6 Å². The molecular formula is C21H23N5. The Labute approximate surface area is 153 Å². The summed E-state index contributed by atoms with van der Waals surface area (Å²) in [7, 11) is 0. The Hall–Kier alpha value is -2.68. The average Bonchev–Trinajstić information content (AvgIpc) is 3.10. The van der Waals surface area contributed by atoms with Crippen LogP contribution in [0.5, 0.6) is 0 Å². The van der Waals surface area contributed by atoms with Gasteiger partial charge in [-0.15, -0.1) is 0 Å². The lowest BCUT2D eigenvalue weighted by Crippen LogP contribution is -2.26. The number of nitrogens with zero attached hydrogens (tertiary/aromatic N) is 2. The lowest BCUT2D eigenvalue weighted by molar-refractivity contribution is 0.470. The van der Waals surface area contributed by atoms with Gasteiger partial charge in [0.15, 0.2) is 0 Å². The predicted molar refractivity (Wildman–Crippen MR) is 103 cm³/mol. The maximum absolute atomic E-state index is 4.55. The summed E-state index contributed by atoms with van der Waals surface area (Å²) in [5.41, 5.74) is 4.64. The van der Waals surface area contributed by atoms with E-state index in [4.69, 9.17) is 0 Å². The summed E-state index contributed by atoms with van der Waals surface area (Å²) in [6, 6.07) is 12.6. The molecule has 0 saturated carbocycles. The van der Waals surface area contributed by atoms with Crippen molar-refractivity contribution in [3.05, 3.63) is 59.7 Å². The summed E-state index contributed by atoms with van der Waals surface area (Å²) in [5, 5.41) is 6.83. The average molecular weight is 345 g/mol. The van der Waals surface area contributed by atoms with Gasteiger partial charge >= 0.3 is 0 Å². The van der Waals surface area contributed by atoms with Crippen molar-refractivity contribution in [1.82, 2.24) is 25.6 Å². The molecule has 0 fully saturated rings. The normalized spacial score (nSPS) is 16.1. The monoisotopic (exact) mass is 345 g/mol. The molecule has 2 heterocycles. The molecule has 0 saturated heterocycles. The van der Waals surface area contributed by atoms with E-state index in [0.29, 0.717) is 25.7 Å². The molecule has 0 amide bonds. The van der Waals surface area contributed by atoms with Crippen molar-refractivity contribution >= 4 is 11.0 Å². The maximum Gasteiger partial charge on any atom is 0.121 e. The molecule has 0 aliphatic heterocycles. The molecule has 0 spiro atoms. The standard InChI is InChI=1S/C21H23N5/c1-2-10-18-17(9-1)25-20(26-18)15-22-12-3-4-13-23-19-11-5-7-16-8-6-14-24-21(16)19/h1-2,6,8-10,14,19,22-23H,5,7,11-13,15H2,(H,25,26). The quantitative estimate of drug-likeness (QED) is 0.491. The molecule has 3 aromatic rings. The van der Waals surface area contributed by atoms with Crippen molar-refractivity contribution < 1.29 is 0 Å². The lowest BCUT2D eigenvalue weighted by atomic mass is 9.92. The molecule has 0 bridgehead atoms. The minimum atomic E-state index is 0.331. The van der Waals surface area contributed by atoms with Crippen molar-refractivity contribution in [3.63, 3.8) is 0 Å². The zero-order valence-electron chi connectivity index (χ0n) is 14.8. The molecule has 0 radical (unpaired) electrons. The van der Waals surface area contributed by atoms with Crippen LogP contribution in [-0.2, 0) is 13.0 Å². The Kier molecular flexibility index (Phi) is 5.25. The molecule has 2 aromatic heterocycles. The number of fused-ring (bicyclic) bond motifs is 2. The van der Waals surface area contributed by atoms with Crippen molar-refractivity contribution in [2.45, 2.75) is 31.8 Å². The summed E-state index contributed by atoms with van der Waals surface area (Å²) in [4.78, 5) is 12.4. The Balaban J connectivity index is 1.21. The van der Waals surface area contributed by atoms with Crippen LogP contribution in [0.3, 0.4) is 0 Å². The number of nitrogens with one attached hydrogen (secondary N) is 3. The molecule has 4 rings (SSSR count). The second-order valence-electron chi connectivity index (χ2n) is 6.53. The van der Waals surface area contributed by atoms with Crippen molar-refractivity contribution in [3.8, 4) is 11.8 Å². The fourth-order valence-corrected chi connectivity index (χ4v) is 3.44. The second-order valence-corrected chi connectivity index (χ2v) is 6.53. The number of hydrogen-bond donors (Lipinski definition) is 3. The lowest BCUT2D eigenvalue weighted by Gasteiger charge is -2.24. The molecule has 5 nitrogen and oxygen atoms in total. The van der Waals surface area contributed by atoms with Crippen LogP contribution >= 0.6 is 0 Å².